The molecule has 1 unspecified atom stereocenters. The molecule has 0 fully saturated rings. The molecule has 0 rings (SSSR count). The van der Waals surface area contributed by atoms with Gasteiger partial charge in [-0.3, -0.25) is 0 Å². The van der Waals surface area contributed by atoms with Gasteiger partial charge in [-0.25, -0.2) is 0 Å². The lowest BCUT2D eigenvalue weighted by molar-refractivity contribution is -0.0684. The molecule has 0 aromatic rings. The van der Waals surface area contributed by atoms with Gasteiger partial charge in [0.2, 0.25) is 0 Å². The minimum Gasteiger partial charge on any atom is -0.394 e. The Kier molecular flexibility index (Phi) is 5.41. The van der Waals surface area contributed by atoms with E-state index in [2.05, 4.69) is 0 Å². The number of hydrogen-bond acceptors (Lipinski definition) is 4. The van der Waals surface area contributed by atoms with E-state index in [1.165, 1.54) is 0 Å². The molecule has 0 aliphatic rings. The SMILES string of the molecule is CC(C)OC[C@H](O)C(O)CO. The van der Waals surface area contributed by atoms with Crippen molar-refractivity contribution in [1.29, 1.82) is 0 Å². The first-order valence-electron chi connectivity index (χ1n) is 3.66. The van der Waals surface area contributed by atoms with E-state index in [1.54, 1.807) is 0 Å². The fourth-order valence-electron chi connectivity index (χ4n) is 0.524. The van der Waals surface area contributed by atoms with Crippen LogP contribution in [0.25, 0.3) is 0 Å². The summed E-state index contributed by atoms with van der Waals surface area (Å²) in [5.74, 6) is 0. The zero-order chi connectivity index (χ0) is 8.85. The summed E-state index contributed by atoms with van der Waals surface area (Å²) in [6, 6.07) is 0. The average molecular weight is 164 g/mol. The molecule has 4 nitrogen and oxygen atoms in total. The molecule has 0 aliphatic heterocycles. The Morgan fingerprint density at radius 2 is 1.73 bits per heavy atom. The van der Waals surface area contributed by atoms with Crippen LogP contribution in [-0.2, 0) is 4.74 Å². The largest absolute Gasteiger partial charge is 0.394 e. The maximum absolute atomic E-state index is 9.03. The first-order valence-corrected chi connectivity index (χ1v) is 3.66. The lowest BCUT2D eigenvalue weighted by Crippen LogP contribution is -2.34. The Morgan fingerprint density at radius 3 is 2.09 bits per heavy atom. The van der Waals surface area contributed by atoms with E-state index < -0.39 is 18.8 Å². The summed E-state index contributed by atoms with van der Waals surface area (Å²) >= 11 is 0. The second kappa shape index (κ2) is 5.49. The highest BCUT2D eigenvalue weighted by atomic mass is 16.5. The van der Waals surface area contributed by atoms with Gasteiger partial charge in [0.05, 0.1) is 19.3 Å². The topological polar surface area (TPSA) is 69.9 Å². The van der Waals surface area contributed by atoms with E-state index in [0.29, 0.717) is 0 Å². The Hall–Kier alpha value is -0.160. The Labute approximate surface area is 66.4 Å². The fourth-order valence-corrected chi connectivity index (χ4v) is 0.524. The maximum atomic E-state index is 9.03. The van der Waals surface area contributed by atoms with Gasteiger partial charge in [-0.2, -0.15) is 0 Å². The van der Waals surface area contributed by atoms with Gasteiger partial charge in [0.1, 0.15) is 12.2 Å². The molecule has 11 heavy (non-hydrogen) atoms. The van der Waals surface area contributed by atoms with Gasteiger partial charge >= 0.3 is 0 Å². The highest BCUT2D eigenvalue weighted by molar-refractivity contribution is 4.64. The second-order valence-electron chi connectivity index (χ2n) is 2.70. The predicted octanol–water partition coefficient (Wildman–Crippen LogP) is -0.875. The minimum absolute atomic E-state index is 0.0237. The van der Waals surface area contributed by atoms with Crippen molar-refractivity contribution in [3.63, 3.8) is 0 Å². The molecular weight excluding hydrogens is 148 g/mol. The Balaban J connectivity index is 3.43. The zero-order valence-electron chi connectivity index (χ0n) is 6.90. The van der Waals surface area contributed by atoms with E-state index in [1.807, 2.05) is 13.8 Å². The van der Waals surface area contributed by atoms with Crippen LogP contribution >= 0.6 is 0 Å². The summed E-state index contributed by atoms with van der Waals surface area (Å²) in [6.45, 7) is 3.28. The van der Waals surface area contributed by atoms with Crippen LogP contribution in [0.4, 0.5) is 0 Å². The third kappa shape index (κ3) is 5.15. The smallest absolute Gasteiger partial charge is 0.105 e. The molecule has 0 heterocycles. The van der Waals surface area contributed by atoms with E-state index >= 15 is 0 Å². The quantitative estimate of drug-likeness (QED) is 0.494. The second-order valence-corrected chi connectivity index (χ2v) is 2.70. The van der Waals surface area contributed by atoms with Crippen molar-refractivity contribution in [2.45, 2.75) is 32.2 Å². The highest BCUT2D eigenvalue weighted by Gasteiger charge is 2.15. The summed E-state index contributed by atoms with van der Waals surface area (Å²) in [7, 11) is 0. The van der Waals surface area contributed by atoms with Crippen molar-refractivity contribution in [2.75, 3.05) is 13.2 Å². The average Bonchev–Trinajstić information content (AvgIpc) is 1.98. The van der Waals surface area contributed by atoms with E-state index in [-0.39, 0.29) is 12.7 Å². The summed E-state index contributed by atoms with van der Waals surface area (Å²) < 4.78 is 5.01. The van der Waals surface area contributed by atoms with Gasteiger partial charge in [-0.1, -0.05) is 0 Å². The molecule has 0 saturated carbocycles. The molecule has 68 valence electrons. The first kappa shape index (κ1) is 10.8. The molecule has 0 aromatic heterocycles. The standard InChI is InChI=1S/C7H16O4/c1-5(2)11-4-7(10)6(9)3-8/h5-10H,3-4H2,1-2H3/t6?,7-/m0/s1. The van der Waals surface area contributed by atoms with E-state index in [9.17, 15) is 0 Å². The summed E-state index contributed by atoms with van der Waals surface area (Å²) in [5.41, 5.74) is 0. The number of aliphatic hydroxyl groups is 3. The van der Waals surface area contributed by atoms with Crippen LogP contribution in [0.3, 0.4) is 0 Å². The van der Waals surface area contributed by atoms with Crippen LogP contribution in [-0.4, -0.2) is 46.8 Å². The summed E-state index contributed by atoms with van der Waals surface area (Å²) in [5, 5.41) is 26.3. The maximum Gasteiger partial charge on any atom is 0.105 e. The van der Waals surface area contributed by atoms with Gasteiger partial charge in [0.25, 0.3) is 0 Å². The minimum atomic E-state index is -1.10. The molecule has 3 N–H and O–H groups in total. The third-order valence-electron chi connectivity index (χ3n) is 1.23. The Bertz CT molecular complexity index is 94.4. The highest BCUT2D eigenvalue weighted by Crippen LogP contribution is 1.96. The van der Waals surface area contributed by atoms with Crippen LogP contribution < -0.4 is 0 Å². The monoisotopic (exact) mass is 164 g/mol. The van der Waals surface area contributed by atoms with Gasteiger partial charge in [0.15, 0.2) is 0 Å². The normalized spacial score (nSPS) is 16.9. The molecule has 0 saturated heterocycles. The molecule has 0 radical (unpaired) electrons. The third-order valence-corrected chi connectivity index (χ3v) is 1.23. The first-order chi connectivity index (χ1) is 5.07. The van der Waals surface area contributed by atoms with Crippen LogP contribution in [0.1, 0.15) is 13.8 Å². The lowest BCUT2D eigenvalue weighted by atomic mass is 10.2. The summed E-state index contributed by atoms with van der Waals surface area (Å²) in [4.78, 5) is 0. The molecule has 0 aliphatic carbocycles. The van der Waals surface area contributed by atoms with Crippen LogP contribution in [0.2, 0.25) is 0 Å². The van der Waals surface area contributed by atoms with Crippen molar-refractivity contribution < 1.29 is 20.1 Å². The van der Waals surface area contributed by atoms with Crippen LogP contribution in [0.5, 0.6) is 0 Å². The molecule has 4 heteroatoms. The van der Waals surface area contributed by atoms with Crippen molar-refractivity contribution in [1.82, 2.24) is 0 Å². The van der Waals surface area contributed by atoms with Crippen molar-refractivity contribution in [2.24, 2.45) is 0 Å². The Morgan fingerprint density at radius 1 is 1.18 bits per heavy atom. The number of hydrogen-bond donors (Lipinski definition) is 3. The lowest BCUT2D eigenvalue weighted by Gasteiger charge is -2.16. The molecule has 0 aromatic carbocycles. The number of aliphatic hydroxyl groups excluding tert-OH is 3. The predicted molar refractivity (Wildman–Crippen MR) is 40.2 cm³/mol. The molecular formula is C7H16O4. The van der Waals surface area contributed by atoms with E-state index in [0.717, 1.165) is 0 Å². The van der Waals surface area contributed by atoms with Gasteiger partial charge in [-0.05, 0) is 13.8 Å². The van der Waals surface area contributed by atoms with Crippen LogP contribution in [0, 0.1) is 0 Å². The van der Waals surface area contributed by atoms with Gasteiger partial charge in [0, 0.05) is 0 Å². The molecule has 0 amide bonds. The van der Waals surface area contributed by atoms with Gasteiger partial charge in [-0.15, -0.1) is 0 Å². The molecule has 2 atom stereocenters. The van der Waals surface area contributed by atoms with Crippen LogP contribution in [0.15, 0.2) is 0 Å². The van der Waals surface area contributed by atoms with Crippen molar-refractivity contribution >= 4 is 0 Å². The zero-order valence-corrected chi connectivity index (χ0v) is 6.90. The fraction of sp³-hybridized carbons (Fsp3) is 1.00. The van der Waals surface area contributed by atoms with Crippen molar-refractivity contribution in [3.05, 3.63) is 0 Å². The van der Waals surface area contributed by atoms with Crippen molar-refractivity contribution in [3.8, 4) is 0 Å². The van der Waals surface area contributed by atoms with Gasteiger partial charge < -0.3 is 20.1 Å². The van der Waals surface area contributed by atoms with E-state index in [4.69, 9.17) is 20.1 Å². The number of rotatable bonds is 5. The molecule has 0 bridgehead atoms. The number of ether oxygens (including phenoxy) is 1. The summed E-state index contributed by atoms with van der Waals surface area (Å²) in [6.07, 6.45) is -2.08. The molecule has 0 spiro atoms.